The van der Waals surface area contributed by atoms with Gasteiger partial charge >= 0.3 is 0 Å². The quantitative estimate of drug-likeness (QED) is 0.297. The molecule has 152 valence electrons. The molecule has 1 heterocycles. The van der Waals surface area contributed by atoms with Gasteiger partial charge in [-0.3, -0.25) is 4.79 Å². The van der Waals surface area contributed by atoms with Crippen molar-refractivity contribution in [1.29, 1.82) is 0 Å². The zero-order chi connectivity index (χ0) is 18.1. The van der Waals surface area contributed by atoms with Crippen LogP contribution in [0.3, 0.4) is 0 Å². The van der Waals surface area contributed by atoms with Gasteiger partial charge in [-0.05, 0) is 37.5 Å². The Morgan fingerprint density at radius 1 is 1.31 bits per heavy atom. The second-order valence-corrected chi connectivity index (χ2v) is 7.42. The van der Waals surface area contributed by atoms with Gasteiger partial charge in [0.25, 0.3) is 0 Å². The first kappa shape index (κ1) is 23.4. The van der Waals surface area contributed by atoms with Gasteiger partial charge in [0.2, 0.25) is 5.91 Å². The zero-order valence-electron chi connectivity index (χ0n) is 16.4. The summed E-state index contributed by atoms with van der Waals surface area (Å²) in [5, 5.41) is 6.79. The number of amides is 1. The maximum absolute atomic E-state index is 11.8. The predicted molar refractivity (Wildman–Crippen MR) is 114 cm³/mol. The number of methoxy groups -OCH3 is 1. The fourth-order valence-corrected chi connectivity index (χ4v) is 3.26. The number of guanidine groups is 1. The number of hydrogen-bond acceptors (Lipinski definition) is 4. The third-order valence-electron chi connectivity index (χ3n) is 5.27. The minimum absolute atomic E-state index is 0. The number of halogens is 1. The van der Waals surface area contributed by atoms with Crippen molar-refractivity contribution in [3.63, 3.8) is 0 Å². The van der Waals surface area contributed by atoms with E-state index in [-0.39, 0.29) is 42.5 Å². The molecular weight excluding hydrogens is 447 g/mol. The van der Waals surface area contributed by atoms with Gasteiger partial charge in [-0.2, -0.15) is 0 Å². The van der Waals surface area contributed by atoms with Gasteiger partial charge in [0.1, 0.15) is 6.54 Å². The van der Waals surface area contributed by atoms with Crippen molar-refractivity contribution in [3.8, 4) is 0 Å². The average molecular weight is 482 g/mol. The average Bonchev–Trinajstić information content (AvgIpc) is 3.08. The van der Waals surface area contributed by atoms with E-state index in [4.69, 9.17) is 9.47 Å². The van der Waals surface area contributed by atoms with Gasteiger partial charge in [-0.1, -0.05) is 6.42 Å². The van der Waals surface area contributed by atoms with Crippen molar-refractivity contribution in [2.75, 3.05) is 54.1 Å². The van der Waals surface area contributed by atoms with Crippen molar-refractivity contribution < 1.29 is 14.3 Å². The molecule has 0 aromatic carbocycles. The molecule has 26 heavy (non-hydrogen) atoms. The fourth-order valence-electron chi connectivity index (χ4n) is 3.26. The Bertz CT molecular complexity index is 450. The molecule has 2 fully saturated rings. The molecule has 1 atom stereocenters. The summed E-state index contributed by atoms with van der Waals surface area (Å²) in [6, 6.07) is 0. The number of ether oxygens (including phenoxy) is 2. The van der Waals surface area contributed by atoms with E-state index in [0.29, 0.717) is 11.4 Å². The Labute approximate surface area is 174 Å². The number of nitrogens with one attached hydrogen (secondary N) is 2. The van der Waals surface area contributed by atoms with E-state index in [2.05, 4.69) is 15.6 Å². The maximum atomic E-state index is 11.8. The summed E-state index contributed by atoms with van der Waals surface area (Å²) in [7, 11) is 5.25. The lowest BCUT2D eigenvalue weighted by Gasteiger charge is -2.42. The number of hydrogen-bond donors (Lipinski definition) is 2. The highest BCUT2D eigenvalue weighted by atomic mass is 127. The van der Waals surface area contributed by atoms with Gasteiger partial charge in [0.15, 0.2) is 5.96 Å². The van der Waals surface area contributed by atoms with Crippen molar-refractivity contribution >= 4 is 35.8 Å². The summed E-state index contributed by atoms with van der Waals surface area (Å²) >= 11 is 0. The lowest BCUT2D eigenvalue weighted by molar-refractivity contribution is -0.127. The molecule has 7 nitrogen and oxygen atoms in total. The molecule has 2 rings (SSSR count). The minimum Gasteiger partial charge on any atom is -0.385 e. The smallest absolute Gasteiger partial charge is 0.243 e. The minimum atomic E-state index is -0.00374. The summed E-state index contributed by atoms with van der Waals surface area (Å²) in [4.78, 5) is 17.9. The number of likely N-dealkylation sites (N-methyl/N-ethyl adjacent to an activating group) is 1. The van der Waals surface area contributed by atoms with E-state index >= 15 is 0 Å². The van der Waals surface area contributed by atoms with E-state index in [9.17, 15) is 4.79 Å². The molecule has 0 radical (unpaired) electrons. The number of rotatable bonds is 9. The van der Waals surface area contributed by atoms with Crippen molar-refractivity contribution in [2.24, 2.45) is 10.4 Å². The highest BCUT2D eigenvalue weighted by molar-refractivity contribution is 14.0. The van der Waals surface area contributed by atoms with Gasteiger partial charge < -0.3 is 25.0 Å². The number of carbonyl (C=O) groups is 1. The zero-order valence-corrected chi connectivity index (χ0v) is 18.7. The second-order valence-electron chi connectivity index (χ2n) is 7.42. The summed E-state index contributed by atoms with van der Waals surface area (Å²) < 4.78 is 10.9. The SMILES string of the molecule is COCCC1(CNC(=NCC(=O)N(C)C)NCC2CCCO2)CCC1.I. The molecule has 1 saturated heterocycles. The molecule has 2 aliphatic rings. The molecule has 8 heteroatoms. The molecule has 0 spiro atoms. The van der Waals surface area contributed by atoms with Crippen molar-refractivity contribution in [3.05, 3.63) is 0 Å². The van der Waals surface area contributed by atoms with Crippen LogP contribution in [0.15, 0.2) is 4.99 Å². The number of aliphatic imine (C=N–C) groups is 1. The highest BCUT2D eigenvalue weighted by Crippen LogP contribution is 2.43. The lowest BCUT2D eigenvalue weighted by atomic mass is 9.67. The molecule has 1 unspecified atom stereocenters. The van der Waals surface area contributed by atoms with Crippen molar-refractivity contribution in [1.82, 2.24) is 15.5 Å². The Morgan fingerprint density at radius 3 is 2.62 bits per heavy atom. The standard InChI is InChI=1S/C18H34N4O3.HI/c1-22(2)16(23)13-20-17(19-12-15-6-4-10-25-15)21-14-18(7-5-8-18)9-11-24-3;/h15H,4-14H2,1-3H3,(H2,19,20,21);1H. The van der Waals surface area contributed by atoms with E-state index in [1.807, 2.05) is 0 Å². The molecule has 0 aromatic rings. The van der Waals surface area contributed by atoms with Crippen LogP contribution in [-0.2, 0) is 14.3 Å². The third-order valence-corrected chi connectivity index (χ3v) is 5.27. The first-order valence-electron chi connectivity index (χ1n) is 9.37. The van der Waals surface area contributed by atoms with Gasteiger partial charge in [0, 0.05) is 47.5 Å². The molecular formula is C18H35IN4O3. The summed E-state index contributed by atoms with van der Waals surface area (Å²) in [5.74, 6) is 0.699. The molecule has 1 saturated carbocycles. The molecule has 1 aliphatic heterocycles. The van der Waals surface area contributed by atoms with Gasteiger partial charge in [-0.15, -0.1) is 24.0 Å². The second kappa shape index (κ2) is 12.0. The van der Waals surface area contributed by atoms with Crippen LogP contribution in [0.2, 0.25) is 0 Å². The first-order valence-corrected chi connectivity index (χ1v) is 9.37. The summed E-state index contributed by atoms with van der Waals surface area (Å²) in [6.45, 7) is 3.37. The van der Waals surface area contributed by atoms with Crippen LogP contribution >= 0.6 is 24.0 Å². The number of carbonyl (C=O) groups excluding carboxylic acids is 1. The largest absolute Gasteiger partial charge is 0.385 e. The molecule has 1 aliphatic carbocycles. The van der Waals surface area contributed by atoms with Crippen LogP contribution in [0.25, 0.3) is 0 Å². The predicted octanol–water partition coefficient (Wildman–Crippen LogP) is 1.61. The monoisotopic (exact) mass is 482 g/mol. The van der Waals surface area contributed by atoms with Gasteiger partial charge in [-0.25, -0.2) is 4.99 Å². The van der Waals surface area contributed by atoms with E-state index in [1.54, 1.807) is 26.1 Å². The highest BCUT2D eigenvalue weighted by Gasteiger charge is 2.36. The topological polar surface area (TPSA) is 75.2 Å². The summed E-state index contributed by atoms with van der Waals surface area (Å²) in [6.07, 6.45) is 7.22. The Balaban J connectivity index is 0.00000338. The van der Waals surface area contributed by atoms with E-state index in [1.165, 1.54) is 19.3 Å². The van der Waals surface area contributed by atoms with Crippen LogP contribution in [0, 0.1) is 5.41 Å². The third kappa shape index (κ3) is 7.56. The Morgan fingerprint density at radius 2 is 2.08 bits per heavy atom. The Kier molecular flexibility index (Phi) is 10.8. The molecule has 2 N–H and O–H groups in total. The van der Waals surface area contributed by atoms with E-state index in [0.717, 1.165) is 45.6 Å². The normalized spacial score (nSPS) is 21.5. The van der Waals surface area contributed by atoms with Crippen molar-refractivity contribution in [2.45, 2.75) is 44.6 Å². The molecule has 0 aromatic heterocycles. The molecule has 1 amide bonds. The van der Waals surface area contributed by atoms with Crippen LogP contribution in [0.4, 0.5) is 0 Å². The van der Waals surface area contributed by atoms with Gasteiger partial charge in [0.05, 0.1) is 6.10 Å². The molecule has 0 bridgehead atoms. The van der Waals surface area contributed by atoms with Crippen LogP contribution in [0.5, 0.6) is 0 Å². The Hall–Kier alpha value is -0.610. The first-order chi connectivity index (χ1) is 12.0. The van der Waals surface area contributed by atoms with Crippen LogP contribution in [-0.4, -0.2) is 76.9 Å². The number of nitrogens with zero attached hydrogens (tertiary/aromatic N) is 2. The lowest BCUT2D eigenvalue weighted by Crippen LogP contribution is -2.48. The van der Waals surface area contributed by atoms with Crippen LogP contribution < -0.4 is 10.6 Å². The van der Waals surface area contributed by atoms with E-state index < -0.39 is 0 Å². The fraction of sp³-hybridized carbons (Fsp3) is 0.889. The maximum Gasteiger partial charge on any atom is 0.243 e. The summed E-state index contributed by atoms with van der Waals surface area (Å²) in [5.41, 5.74) is 0.299. The van der Waals surface area contributed by atoms with Crippen LogP contribution in [0.1, 0.15) is 38.5 Å².